The summed E-state index contributed by atoms with van der Waals surface area (Å²) < 4.78 is 3.23. The first-order valence-corrected chi connectivity index (χ1v) is 7.14. The molecule has 0 saturated carbocycles. The number of halogens is 1. The van der Waals surface area contributed by atoms with E-state index in [9.17, 15) is 0 Å². The van der Waals surface area contributed by atoms with Gasteiger partial charge in [0.2, 0.25) is 0 Å². The second-order valence-corrected chi connectivity index (χ2v) is 5.95. The highest BCUT2D eigenvalue weighted by Gasteiger charge is 2.04. The van der Waals surface area contributed by atoms with Crippen LogP contribution in [0, 0.1) is 6.92 Å². The highest BCUT2D eigenvalue weighted by atomic mass is 79.9. The Morgan fingerprint density at radius 3 is 2.94 bits per heavy atom. The number of nitrogens with zero attached hydrogens (tertiary/aromatic N) is 3. The topological polar surface area (TPSA) is 42.7 Å². The van der Waals surface area contributed by atoms with Gasteiger partial charge in [0, 0.05) is 27.3 Å². The largest absolute Gasteiger partial charge is 0.317 e. The quantitative estimate of drug-likeness (QED) is 0.922. The minimum absolute atomic E-state index is 0.752. The second kappa shape index (κ2) is 5.75. The zero-order chi connectivity index (χ0) is 12.3. The molecule has 0 aliphatic carbocycles. The Hall–Kier alpha value is -0.720. The maximum Gasteiger partial charge on any atom is 0.146 e. The summed E-state index contributed by atoms with van der Waals surface area (Å²) in [6.45, 7) is 6.74. The second-order valence-electron chi connectivity index (χ2n) is 3.75. The molecule has 0 aliphatic heterocycles. The van der Waals surface area contributed by atoms with Crippen LogP contribution in [0.3, 0.4) is 0 Å². The van der Waals surface area contributed by atoms with Gasteiger partial charge in [0.1, 0.15) is 12.2 Å². The van der Waals surface area contributed by atoms with Gasteiger partial charge in [-0.25, -0.2) is 0 Å². The van der Waals surface area contributed by atoms with Crippen LogP contribution in [0.5, 0.6) is 0 Å². The fraction of sp³-hybridized carbons (Fsp3) is 0.455. The van der Waals surface area contributed by atoms with Crippen LogP contribution < -0.4 is 5.32 Å². The summed E-state index contributed by atoms with van der Waals surface area (Å²) in [4.78, 5) is 2.65. The van der Waals surface area contributed by atoms with E-state index in [2.05, 4.69) is 51.4 Å². The highest BCUT2D eigenvalue weighted by Crippen LogP contribution is 2.26. The molecule has 0 bridgehead atoms. The van der Waals surface area contributed by atoms with Crippen molar-refractivity contribution in [2.24, 2.45) is 0 Å². The SMILES string of the molecule is CCn1cnnc1CNCc1cc(Br)c(C)s1. The Labute approximate surface area is 113 Å². The molecule has 6 heteroatoms. The van der Waals surface area contributed by atoms with E-state index in [1.54, 1.807) is 6.33 Å². The van der Waals surface area contributed by atoms with Crippen molar-refractivity contribution >= 4 is 27.3 Å². The molecule has 0 saturated heterocycles. The summed E-state index contributed by atoms with van der Waals surface area (Å²) in [7, 11) is 0. The molecular weight excluding hydrogens is 300 g/mol. The number of rotatable bonds is 5. The number of nitrogens with one attached hydrogen (secondary N) is 1. The predicted octanol–water partition coefficient (Wildman–Crippen LogP) is 2.72. The lowest BCUT2D eigenvalue weighted by Crippen LogP contribution is -2.15. The minimum atomic E-state index is 0.752. The number of thiophene rings is 1. The number of hydrogen-bond donors (Lipinski definition) is 1. The first-order valence-electron chi connectivity index (χ1n) is 5.53. The lowest BCUT2D eigenvalue weighted by Gasteiger charge is -2.04. The van der Waals surface area contributed by atoms with E-state index >= 15 is 0 Å². The Balaban J connectivity index is 1.87. The van der Waals surface area contributed by atoms with Crippen LogP contribution >= 0.6 is 27.3 Å². The molecule has 4 nitrogen and oxygen atoms in total. The zero-order valence-corrected chi connectivity index (χ0v) is 12.3. The van der Waals surface area contributed by atoms with E-state index < -0.39 is 0 Å². The average molecular weight is 315 g/mol. The fourth-order valence-electron chi connectivity index (χ4n) is 1.58. The molecule has 0 aliphatic rings. The van der Waals surface area contributed by atoms with Crippen molar-refractivity contribution in [3.05, 3.63) is 32.4 Å². The lowest BCUT2D eigenvalue weighted by atomic mass is 10.4. The molecule has 2 aromatic heterocycles. The molecule has 0 radical (unpaired) electrons. The summed E-state index contributed by atoms with van der Waals surface area (Å²) in [5.41, 5.74) is 0. The van der Waals surface area contributed by atoms with Crippen LogP contribution in [0.25, 0.3) is 0 Å². The molecule has 0 unspecified atom stereocenters. The average Bonchev–Trinajstić information content (AvgIpc) is 2.87. The Kier molecular flexibility index (Phi) is 4.31. The van der Waals surface area contributed by atoms with Crippen molar-refractivity contribution in [1.82, 2.24) is 20.1 Å². The van der Waals surface area contributed by atoms with E-state index in [1.165, 1.54) is 14.2 Å². The van der Waals surface area contributed by atoms with Gasteiger partial charge in [-0.2, -0.15) is 0 Å². The number of aromatic nitrogens is 3. The molecule has 1 N–H and O–H groups in total. The van der Waals surface area contributed by atoms with Crippen LogP contribution in [0.15, 0.2) is 16.9 Å². The summed E-state index contributed by atoms with van der Waals surface area (Å²) >= 11 is 5.33. The Morgan fingerprint density at radius 1 is 1.47 bits per heavy atom. The maximum absolute atomic E-state index is 4.09. The van der Waals surface area contributed by atoms with Gasteiger partial charge in [0.25, 0.3) is 0 Å². The molecule has 0 atom stereocenters. The standard InChI is InChI=1S/C11H15BrN4S/c1-3-16-7-14-15-11(16)6-13-5-9-4-10(12)8(2)17-9/h4,7,13H,3,5-6H2,1-2H3. The van der Waals surface area contributed by atoms with Crippen molar-refractivity contribution in [2.45, 2.75) is 33.5 Å². The first-order chi connectivity index (χ1) is 8.20. The molecule has 0 fully saturated rings. The van der Waals surface area contributed by atoms with Gasteiger partial charge >= 0.3 is 0 Å². The molecule has 2 heterocycles. The van der Waals surface area contributed by atoms with Gasteiger partial charge < -0.3 is 9.88 Å². The fourth-order valence-corrected chi connectivity index (χ4v) is 3.15. The minimum Gasteiger partial charge on any atom is -0.317 e. The van der Waals surface area contributed by atoms with Crippen LogP contribution in [0.1, 0.15) is 22.5 Å². The normalized spacial score (nSPS) is 11.0. The van der Waals surface area contributed by atoms with Crippen LogP contribution in [0.2, 0.25) is 0 Å². The van der Waals surface area contributed by atoms with E-state index in [0.29, 0.717) is 0 Å². The van der Waals surface area contributed by atoms with Crippen molar-refractivity contribution < 1.29 is 0 Å². The Bertz CT molecular complexity index is 472. The highest BCUT2D eigenvalue weighted by molar-refractivity contribution is 9.10. The lowest BCUT2D eigenvalue weighted by molar-refractivity contribution is 0.615. The van der Waals surface area contributed by atoms with Crippen molar-refractivity contribution in [3.8, 4) is 0 Å². The van der Waals surface area contributed by atoms with Crippen LogP contribution in [-0.4, -0.2) is 14.8 Å². The molecule has 17 heavy (non-hydrogen) atoms. The third kappa shape index (κ3) is 3.14. The molecule has 2 rings (SSSR count). The Morgan fingerprint density at radius 2 is 2.29 bits per heavy atom. The van der Waals surface area contributed by atoms with Gasteiger partial charge in [-0.15, -0.1) is 21.5 Å². The van der Waals surface area contributed by atoms with Crippen molar-refractivity contribution in [3.63, 3.8) is 0 Å². The summed E-state index contributed by atoms with van der Waals surface area (Å²) in [6, 6.07) is 2.16. The maximum atomic E-state index is 4.09. The molecule has 2 aromatic rings. The molecule has 0 spiro atoms. The number of aryl methyl sites for hydroxylation is 2. The predicted molar refractivity (Wildman–Crippen MR) is 73.0 cm³/mol. The first kappa shape index (κ1) is 12.7. The van der Waals surface area contributed by atoms with Crippen LogP contribution in [-0.2, 0) is 19.6 Å². The van der Waals surface area contributed by atoms with Crippen molar-refractivity contribution in [2.75, 3.05) is 0 Å². The summed E-state index contributed by atoms with van der Waals surface area (Å²) in [5, 5.41) is 11.4. The zero-order valence-electron chi connectivity index (χ0n) is 9.90. The van der Waals surface area contributed by atoms with E-state index in [-0.39, 0.29) is 0 Å². The van der Waals surface area contributed by atoms with Crippen LogP contribution in [0.4, 0.5) is 0 Å². The van der Waals surface area contributed by atoms with Gasteiger partial charge in [-0.05, 0) is 35.8 Å². The van der Waals surface area contributed by atoms with E-state index in [4.69, 9.17) is 0 Å². The molecule has 92 valence electrons. The third-order valence-corrected chi connectivity index (χ3v) is 4.66. The molecule has 0 aromatic carbocycles. The van der Waals surface area contributed by atoms with E-state index in [0.717, 1.165) is 25.5 Å². The summed E-state index contributed by atoms with van der Waals surface area (Å²) in [5.74, 6) is 0.986. The van der Waals surface area contributed by atoms with Gasteiger partial charge in [0.15, 0.2) is 0 Å². The van der Waals surface area contributed by atoms with E-state index in [1.807, 2.05) is 15.9 Å². The van der Waals surface area contributed by atoms with Gasteiger partial charge in [-0.3, -0.25) is 0 Å². The monoisotopic (exact) mass is 314 g/mol. The third-order valence-electron chi connectivity index (χ3n) is 2.53. The smallest absolute Gasteiger partial charge is 0.146 e. The molecule has 0 amide bonds. The van der Waals surface area contributed by atoms with Gasteiger partial charge in [-0.1, -0.05) is 0 Å². The molecular formula is C11H15BrN4S. The summed E-state index contributed by atoms with van der Waals surface area (Å²) in [6.07, 6.45) is 1.77. The van der Waals surface area contributed by atoms with Crippen molar-refractivity contribution in [1.29, 1.82) is 0 Å². The number of hydrogen-bond acceptors (Lipinski definition) is 4. The van der Waals surface area contributed by atoms with Gasteiger partial charge in [0.05, 0.1) is 6.54 Å².